The van der Waals surface area contributed by atoms with Gasteiger partial charge in [-0.05, 0) is 23.9 Å². The quantitative estimate of drug-likeness (QED) is 0.716. The largest absolute Gasteiger partial charge is 0.198 e. The van der Waals surface area contributed by atoms with Crippen LogP contribution in [0.5, 0.6) is 0 Å². The zero-order valence-corrected chi connectivity index (χ0v) is 9.25. The second kappa shape index (κ2) is 3.61. The number of rotatable bonds is 1. The van der Waals surface area contributed by atoms with Crippen molar-refractivity contribution in [2.45, 2.75) is 13.3 Å². The molecule has 0 amide bonds. The highest BCUT2D eigenvalue weighted by Crippen LogP contribution is 2.35. The Balaban J connectivity index is 2.72. The first kappa shape index (κ1) is 9.51. The average Bonchev–Trinajstić information content (AvgIpc) is 2.43. The highest BCUT2D eigenvalue weighted by molar-refractivity contribution is 7.22. The van der Waals surface area contributed by atoms with E-state index in [2.05, 4.69) is 19.1 Å². The molecule has 0 unspecified atom stereocenters. The fourth-order valence-corrected chi connectivity index (χ4v) is 2.93. The van der Waals surface area contributed by atoms with Crippen LogP contribution in [-0.4, -0.2) is 0 Å². The van der Waals surface area contributed by atoms with Gasteiger partial charge in [-0.25, -0.2) is 0 Å². The van der Waals surface area contributed by atoms with Gasteiger partial charge in [0.05, 0.1) is 16.8 Å². The molecule has 0 N–H and O–H groups in total. The molecule has 1 heterocycles. The second-order valence-corrected chi connectivity index (χ2v) is 4.84. The zero-order chi connectivity index (χ0) is 10.1. The summed E-state index contributed by atoms with van der Waals surface area (Å²) < 4.78 is 1.91. The van der Waals surface area contributed by atoms with Crippen LogP contribution in [0.1, 0.15) is 11.1 Å². The fraction of sp³-hybridized carbons (Fsp3) is 0.182. The molecule has 0 bridgehead atoms. The second-order valence-electron chi connectivity index (χ2n) is 3.19. The van der Waals surface area contributed by atoms with Crippen molar-refractivity contribution in [1.29, 1.82) is 5.26 Å². The number of benzene rings is 1. The van der Waals surface area contributed by atoms with Crippen LogP contribution in [0.25, 0.3) is 10.1 Å². The van der Waals surface area contributed by atoms with Gasteiger partial charge >= 0.3 is 0 Å². The maximum Gasteiger partial charge on any atom is 0.0983 e. The van der Waals surface area contributed by atoms with E-state index >= 15 is 0 Å². The Bertz CT molecular complexity index is 522. The van der Waals surface area contributed by atoms with Crippen LogP contribution < -0.4 is 0 Å². The first-order chi connectivity index (χ1) is 6.72. The van der Waals surface area contributed by atoms with Gasteiger partial charge in [-0.1, -0.05) is 23.7 Å². The number of nitrogens with zero attached hydrogens (tertiary/aromatic N) is 1. The van der Waals surface area contributed by atoms with E-state index in [9.17, 15) is 0 Å². The zero-order valence-electron chi connectivity index (χ0n) is 7.67. The third kappa shape index (κ3) is 1.50. The van der Waals surface area contributed by atoms with Crippen molar-refractivity contribution in [3.05, 3.63) is 33.7 Å². The fourth-order valence-electron chi connectivity index (χ4n) is 1.47. The van der Waals surface area contributed by atoms with Crippen LogP contribution in [0, 0.1) is 18.3 Å². The van der Waals surface area contributed by atoms with Gasteiger partial charge in [-0.3, -0.25) is 0 Å². The Morgan fingerprint density at radius 2 is 2.29 bits per heavy atom. The van der Waals surface area contributed by atoms with E-state index in [1.807, 2.05) is 12.1 Å². The molecule has 0 saturated carbocycles. The molecule has 0 atom stereocenters. The lowest BCUT2D eigenvalue weighted by Crippen LogP contribution is -1.79. The van der Waals surface area contributed by atoms with E-state index < -0.39 is 0 Å². The van der Waals surface area contributed by atoms with Crippen LogP contribution in [0.2, 0.25) is 4.34 Å². The number of halogens is 1. The van der Waals surface area contributed by atoms with Gasteiger partial charge in [0.1, 0.15) is 0 Å². The molecular formula is C11H8ClNS. The molecule has 1 nitrogen and oxygen atoms in total. The number of nitriles is 1. The molecule has 14 heavy (non-hydrogen) atoms. The number of fused-ring (bicyclic) bond motifs is 1. The Morgan fingerprint density at radius 1 is 1.50 bits per heavy atom. The van der Waals surface area contributed by atoms with Gasteiger partial charge in [-0.2, -0.15) is 5.26 Å². The highest BCUT2D eigenvalue weighted by Gasteiger charge is 2.09. The molecular weight excluding hydrogens is 214 g/mol. The molecule has 0 aliphatic rings. The molecule has 2 aromatic rings. The van der Waals surface area contributed by atoms with Gasteiger partial charge in [0.2, 0.25) is 0 Å². The molecule has 3 heteroatoms. The van der Waals surface area contributed by atoms with Crippen LogP contribution in [0.4, 0.5) is 0 Å². The smallest absolute Gasteiger partial charge is 0.0983 e. The number of thiophene rings is 1. The molecule has 0 aliphatic heterocycles. The van der Waals surface area contributed by atoms with Crippen molar-refractivity contribution in [3.63, 3.8) is 0 Å². The Morgan fingerprint density at radius 3 is 3.00 bits per heavy atom. The minimum Gasteiger partial charge on any atom is -0.198 e. The Labute approximate surface area is 91.5 Å². The van der Waals surface area contributed by atoms with Crippen molar-refractivity contribution in [2.24, 2.45) is 0 Å². The van der Waals surface area contributed by atoms with Crippen molar-refractivity contribution >= 4 is 33.0 Å². The first-order valence-corrected chi connectivity index (χ1v) is 5.46. The molecule has 0 saturated heterocycles. The highest BCUT2D eigenvalue weighted by atomic mass is 35.5. The summed E-state index contributed by atoms with van der Waals surface area (Å²) in [5.41, 5.74) is 2.19. The van der Waals surface area contributed by atoms with Crippen molar-refractivity contribution in [2.75, 3.05) is 0 Å². The number of hydrogen-bond donors (Lipinski definition) is 0. The third-order valence-electron chi connectivity index (χ3n) is 2.15. The minimum atomic E-state index is 0.391. The summed E-state index contributed by atoms with van der Waals surface area (Å²) in [5, 5.41) is 9.79. The predicted molar refractivity (Wildman–Crippen MR) is 60.9 cm³/mol. The topological polar surface area (TPSA) is 23.8 Å². The lowest BCUT2D eigenvalue weighted by molar-refractivity contribution is 1.30. The molecule has 1 aromatic carbocycles. The van der Waals surface area contributed by atoms with E-state index in [0.717, 1.165) is 15.3 Å². The third-order valence-corrected chi connectivity index (χ3v) is 3.60. The number of aryl methyl sites for hydroxylation is 1. The minimum absolute atomic E-state index is 0.391. The molecule has 1 aromatic heterocycles. The Hall–Kier alpha value is -1.04. The summed E-state index contributed by atoms with van der Waals surface area (Å²) in [6.07, 6.45) is 0.391. The Kier molecular flexibility index (Phi) is 2.45. The van der Waals surface area contributed by atoms with E-state index in [1.165, 1.54) is 10.3 Å². The average molecular weight is 222 g/mol. The summed E-state index contributed by atoms with van der Waals surface area (Å²) in [5.74, 6) is 0. The van der Waals surface area contributed by atoms with Crippen LogP contribution in [-0.2, 0) is 6.42 Å². The molecule has 0 fully saturated rings. The predicted octanol–water partition coefficient (Wildman–Crippen LogP) is 3.93. The molecule has 0 spiro atoms. The summed E-state index contributed by atoms with van der Waals surface area (Å²) in [6, 6.07) is 8.33. The van der Waals surface area contributed by atoms with Gasteiger partial charge in [0.15, 0.2) is 0 Å². The molecule has 0 aliphatic carbocycles. The van der Waals surface area contributed by atoms with E-state index in [4.69, 9.17) is 16.9 Å². The first-order valence-electron chi connectivity index (χ1n) is 4.27. The SMILES string of the molecule is Cc1ccc2c(CC#N)c(Cl)sc2c1. The summed E-state index contributed by atoms with van der Waals surface area (Å²) >= 11 is 7.61. The maximum absolute atomic E-state index is 8.67. The standard InChI is InChI=1S/C11H8ClNS/c1-7-2-3-8-9(4-5-13)11(12)14-10(8)6-7/h2-3,6H,4H2,1H3. The molecule has 0 radical (unpaired) electrons. The van der Waals surface area contributed by atoms with Crippen molar-refractivity contribution in [3.8, 4) is 6.07 Å². The van der Waals surface area contributed by atoms with E-state index in [-0.39, 0.29) is 0 Å². The van der Waals surface area contributed by atoms with Gasteiger partial charge < -0.3 is 0 Å². The van der Waals surface area contributed by atoms with Gasteiger partial charge in [-0.15, -0.1) is 11.3 Å². The monoisotopic (exact) mass is 221 g/mol. The van der Waals surface area contributed by atoms with E-state index in [0.29, 0.717) is 6.42 Å². The maximum atomic E-state index is 8.67. The summed E-state index contributed by atoms with van der Waals surface area (Å²) in [4.78, 5) is 0. The van der Waals surface area contributed by atoms with Crippen LogP contribution in [0.15, 0.2) is 18.2 Å². The molecule has 70 valence electrons. The van der Waals surface area contributed by atoms with Gasteiger partial charge in [0.25, 0.3) is 0 Å². The van der Waals surface area contributed by atoms with Crippen LogP contribution >= 0.6 is 22.9 Å². The summed E-state index contributed by atoms with van der Waals surface area (Å²) in [6.45, 7) is 2.05. The normalized spacial score (nSPS) is 10.4. The summed E-state index contributed by atoms with van der Waals surface area (Å²) in [7, 11) is 0. The molecule has 2 rings (SSSR count). The van der Waals surface area contributed by atoms with Gasteiger partial charge in [0, 0.05) is 10.3 Å². The van der Waals surface area contributed by atoms with Crippen LogP contribution in [0.3, 0.4) is 0 Å². The number of hydrogen-bond acceptors (Lipinski definition) is 2. The van der Waals surface area contributed by atoms with Crippen molar-refractivity contribution in [1.82, 2.24) is 0 Å². The van der Waals surface area contributed by atoms with Crippen molar-refractivity contribution < 1.29 is 0 Å². The van der Waals surface area contributed by atoms with E-state index in [1.54, 1.807) is 11.3 Å². The lowest BCUT2D eigenvalue weighted by Gasteiger charge is -1.94. The lowest BCUT2D eigenvalue weighted by atomic mass is 10.1.